The van der Waals surface area contributed by atoms with Gasteiger partial charge in [-0.1, -0.05) is 13.0 Å². The average molecular weight is 243 g/mol. The molecule has 0 spiro atoms. The van der Waals surface area contributed by atoms with Crippen LogP contribution >= 0.6 is 0 Å². The Morgan fingerprint density at radius 3 is 2.47 bits per heavy atom. The van der Waals surface area contributed by atoms with Crippen LogP contribution in [0.4, 0.5) is 4.79 Å². The van der Waals surface area contributed by atoms with Gasteiger partial charge in [-0.15, -0.1) is 6.58 Å². The summed E-state index contributed by atoms with van der Waals surface area (Å²) in [7, 11) is 0. The zero-order chi connectivity index (χ0) is 13.3. The molecule has 0 heterocycles. The number of carboxylic acids is 1. The van der Waals surface area contributed by atoms with Crippen LogP contribution in [0.3, 0.4) is 0 Å². The number of nitrogens with zero attached hydrogens (tertiary/aromatic N) is 1. The van der Waals surface area contributed by atoms with Crippen molar-refractivity contribution in [2.75, 3.05) is 26.2 Å². The molecule has 17 heavy (non-hydrogen) atoms. The minimum Gasteiger partial charge on any atom is -0.480 e. The second-order valence-corrected chi connectivity index (χ2v) is 3.24. The predicted octanol–water partition coefficient (Wildman–Crippen LogP) is -0.595. The highest BCUT2D eigenvalue weighted by Gasteiger charge is 2.13. The summed E-state index contributed by atoms with van der Waals surface area (Å²) < 4.78 is 0. The summed E-state index contributed by atoms with van der Waals surface area (Å²) in [6.07, 6.45) is 1.48. The van der Waals surface area contributed by atoms with Crippen molar-refractivity contribution in [2.45, 2.75) is 6.92 Å². The molecule has 96 valence electrons. The molecule has 0 aromatic heterocycles. The first-order valence-electron chi connectivity index (χ1n) is 5.12. The maximum absolute atomic E-state index is 11.3. The minimum absolute atomic E-state index is 0.135. The Labute approximate surface area is 99.5 Å². The number of carbonyl (C=O) groups is 3. The van der Waals surface area contributed by atoms with Gasteiger partial charge in [0.05, 0.1) is 13.1 Å². The van der Waals surface area contributed by atoms with Crippen LogP contribution in [0, 0.1) is 0 Å². The maximum Gasteiger partial charge on any atom is 0.321 e. The molecular weight excluding hydrogens is 226 g/mol. The van der Waals surface area contributed by atoms with Crippen molar-refractivity contribution >= 4 is 17.9 Å². The van der Waals surface area contributed by atoms with Crippen molar-refractivity contribution in [3.05, 3.63) is 12.7 Å². The van der Waals surface area contributed by atoms with Crippen LogP contribution in [0.2, 0.25) is 0 Å². The molecule has 0 aliphatic heterocycles. The molecule has 0 aliphatic carbocycles. The van der Waals surface area contributed by atoms with Gasteiger partial charge in [-0.25, -0.2) is 4.79 Å². The van der Waals surface area contributed by atoms with E-state index in [1.54, 1.807) is 6.92 Å². The fourth-order valence-electron chi connectivity index (χ4n) is 1.05. The largest absolute Gasteiger partial charge is 0.480 e. The Bertz CT molecular complexity index is 304. The molecular formula is C10H17N3O4. The van der Waals surface area contributed by atoms with Gasteiger partial charge < -0.3 is 10.4 Å². The normalized spacial score (nSPS) is 9.76. The van der Waals surface area contributed by atoms with Gasteiger partial charge in [0.15, 0.2) is 0 Å². The van der Waals surface area contributed by atoms with Crippen LogP contribution in [-0.2, 0) is 9.59 Å². The molecule has 0 saturated carbocycles. The zero-order valence-corrected chi connectivity index (χ0v) is 9.73. The number of rotatable bonds is 7. The van der Waals surface area contributed by atoms with Gasteiger partial charge in [0.1, 0.15) is 0 Å². The van der Waals surface area contributed by atoms with Crippen molar-refractivity contribution in [1.82, 2.24) is 15.5 Å². The zero-order valence-electron chi connectivity index (χ0n) is 9.73. The van der Waals surface area contributed by atoms with Gasteiger partial charge in [-0.05, 0) is 6.54 Å². The van der Waals surface area contributed by atoms with Gasteiger partial charge in [0.2, 0.25) is 5.91 Å². The number of carboxylic acid groups (broad SMARTS) is 1. The molecule has 3 amide bonds. The van der Waals surface area contributed by atoms with Gasteiger partial charge in [0.25, 0.3) is 0 Å². The Kier molecular flexibility index (Phi) is 7.36. The lowest BCUT2D eigenvalue weighted by Crippen LogP contribution is -2.45. The third kappa shape index (κ3) is 7.97. The van der Waals surface area contributed by atoms with E-state index in [9.17, 15) is 14.4 Å². The van der Waals surface area contributed by atoms with Gasteiger partial charge in [-0.3, -0.25) is 19.8 Å². The number of nitrogens with one attached hydrogen (secondary N) is 2. The summed E-state index contributed by atoms with van der Waals surface area (Å²) in [5.41, 5.74) is 0. The monoisotopic (exact) mass is 243 g/mol. The Balaban J connectivity index is 4.01. The molecule has 7 heteroatoms. The average Bonchev–Trinajstić information content (AvgIpc) is 2.24. The van der Waals surface area contributed by atoms with Crippen LogP contribution in [0.5, 0.6) is 0 Å². The maximum atomic E-state index is 11.3. The molecule has 0 atom stereocenters. The van der Waals surface area contributed by atoms with E-state index in [2.05, 4.69) is 17.2 Å². The number of urea groups is 1. The number of hydrogen-bond donors (Lipinski definition) is 3. The third-order valence-corrected chi connectivity index (χ3v) is 1.83. The lowest BCUT2D eigenvalue weighted by atomic mass is 10.4. The third-order valence-electron chi connectivity index (χ3n) is 1.83. The van der Waals surface area contributed by atoms with E-state index in [1.165, 1.54) is 11.0 Å². The van der Waals surface area contributed by atoms with Gasteiger partial charge >= 0.3 is 12.0 Å². The predicted molar refractivity (Wildman–Crippen MR) is 61.5 cm³/mol. The molecule has 0 aromatic carbocycles. The lowest BCUT2D eigenvalue weighted by molar-refractivity contribution is -0.138. The fourth-order valence-corrected chi connectivity index (χ4v) is 1.05. The molecule has 0 fully saturated rings. The highest BCUT2D eigenvalue weighted by atomic mass is 16.4. The molecule has 0 radical (unpaired) electrons. The van der Waals surface area contributed by atoms with Crippen molar-refractivity contribution in [3.8, 4) is 0 Å². The molecule has 0 bridgehead atoms. The van der Waals surface area contributed by atoms with Gasteiger partial charge in [0, 0.05) is 6.54 Å². The van der Waals surface area contributed by atoms with Crippen LogP contribution in [0.15, 0.2) is 12.7 Å². The quantitative estimate of drug-likeness (QED) is 0.519. The Morgan fingerprint density at radius 2 is 2.00 bits per heavy atom. The Morgan fingerprint density at radius 1 is 1.35 bits per heavy atom. The number of amides is 3. The number of aliphatic carboxylic acids is 1. The van der Waals surface area contributed by atoms with E-state index < -0.39 is 17.9 Å². The van der Waals surface area contributed by atoms with E-state index in [-0.39, 0.29) is 19.6 Å². The molecule has 0 rings (SSSR count). The van der Waals surface area contributed by atoms with Crippen molar-refractivity contribution in [1.29, 1.82) is 0 Å². The first-order chi connectivity index (χ1) is 7.99. The highest BCUT2D eigenvalue weighted by Crippen LogP contribution is 1.87. The standard InChI is InChI=1S/C10H17N3O4/c1-3-5-11-10(17)12-8(14)6-13(4-2)7-9(15)16/h3H,1,4-7H2,2H3,(H,15,16)(H2,11,12,14,17). The number of likely N-dealkylation sites (N-methyl/N-ethyl adjacent to an activating group) is 1. The highest BCUT2D eigenvalue weighted by molar-refractivity contribution is 5.95. The summed E-state index contributed by atoms with van der Waals surface area (Å²) in [6.45, 7) is 5.43. The summed E-state index contributed by atoms with van der Waals surface area (Å²) in [5.74, 6) is -1.56. The SMILES string of the molecule is C=CCNC(=O)NC(=O)CN(CC)CC(=O)O. The summed E-state index contributed by atoms with van der Waals surface area (Å²) in [4.78, 5) is 34.3. The Hall–Kier alpha value is -1.89. The second kappa shape index (κ2) is 8.28. The molecule has 7 nitrogen and oxygen atoms in total. The smallest absolute Gasteiger partial charge is 0.321 e. The number of imide groups is 1. The summed E-state index contributed by atoms with van der Waals surface area (Å²) in [5, 5.41) is 13.0. The van der Waals surface area contributed by atoms with E-state index in [0.29, 0.717) is 6.54 Å². The second-order valence-electron chi connectivity index (χ2n) is 3.24. The number of carbonyl (C=O) groups excluding carboxylic acids is 2. The van der Waals surface area contributed by atoms with Crippen molar-refractivity contribution in [3.63, 3.8) is 0 Å². The molecule has 0 unspecified atom stereocenters. The van der Waals surface area contributed by atoms with Crippen LogP contribution < -0.4 is 10.6 Å². The number of hydrogen-bond acceptors (Lipinski definition) is 4. The molecule has 0 saturated heterocycles. The summed E-state index contributed by atoms with van der Waals surface area (Å²) in [6, 6.07) is -0.624. The molecule has 0 aromatic rings. The van der Waals surface area contributed by atoms with Gasteiger partial charge in [-0.2, -0.15) is 0 Å². The summed E-state index contributed by atoms with van der Waals surface area (Å²) >= 11 is 0. The first-order valence-corrected chi connectivity index (χ1v) is 5.12. The first kappa shape index (κ1) is 15.1. The van der Waals surface area contributed by atoms with E-state index >= 15 is 0 Å². The lowest BCUT2D eigenvalue weighted by Gasteiger charge is -2.16. The minimum atomic E-state index is -1.02. The van der Waals surface area contributed by atoms with E-state index in [1.807, 2.05) is 0 Å². The van der Waals surface area contributed by atoms with E-state index in [0.717, 1.165) is 0 Å². The van der Waals surface area contributed by atoms with Crippen LogP contribution in [0.1, 0.15) is 6.92 Å². The van der Waals surface area contributed by atoms with Crippen molar-refractivity contribution < 1.29 is 19.5 Å². The van der Waals surface area contributed by atoms with Crippen molar-refractivity contribution in [2.24, 2.45) is 0 Å². The van der Waals surface area contributed by atoms with E-state index in [4.69, 9.17) is 5.11 Å². The topological polar surface area (TPSA) is 98.7 Å². The molecule has 0 aliphatic rings. The molecule has 3 N–H and O–H groups in total. The van der Waals surface area contributed by atoms with Crippen LogP contribution in [0.25, 0.3) is 0 Å². The fraction of sp³-hybridized carbons (Fsp3) is 0.500. The van der Waals surface area contributed by atoms with Crippen LogP contribution in [-0.4, -0.2) is 54.1 Å².